The van der Waals surface area contributed by atoms with Crippen LogP contribution < -0.4 is 4.74 Å². The molecule has 0 aromatic carbocycles. The van der Waals surface area contributed by atoms with E-state index in [0.717, 1.165) is 43.0 Å². The van der Waals surface area contributed by atoms with Gasteiger partial charge in [0.1, 0.15) is 18.1 Å². The maximum atomic E-state index is 12.8. The molecule has 33 heavy (non-hydrogen) atoms. The maximum Gasteiger partial charge on any atom is 0.162 e. The average molecular weight is 466 g/mol. The van der Waals surface area contributed by atoms with Crippen molar-refractivity contribution in [2.45, 2.75) is 91.6 Å². The van der Waals surface area contributed by atoms with Gasteiger partial charge < -0.3 is 19.3 Å². The van der Waals surface area contributed by atoms with E-state index >= 15 is 0 Å². The van der Waals surface area contributed by atoms with Crippen LogP contribution in [0.15, 0.2) is 12.3 Å². The molecule has 0 spiro atoms. The molecule has 1 aromatic heterocycles. The Morgan fingerprint density at radius 2 is 1.94 bits per heavy atom. The van der Waals surface area contributed by atoms with Crippen molar-refractivity contribution < 1.29 is 24.1 Å². The average Bonchev–Trinajstić information content (AvgIpc) is 3.60. The molecule has 2 unspecified atom stereocenters. The summed E-state index contributed by atoms with van der Waals surface area (Å²) in [4.78, 5) is 17.4. The summed E-state index contributed by atoms with van der Waals surface area (Å²) >= 11 is 0. The van der Waals surface area contributed by atoms with E-state index in [9.17, 15) is 4.79 Å². The molecule has 0 aliphatic heterocycles. The summed E-state index contributed by atoms with van der Waals surface area (Å²) in [6.07, 6.45) is 10.2. The zero-order chi connectivity index (χ0) is 24.9. The molecule has 6 heteroatoms. The van der Waals surface area contributed by atoms with Crippen LogP contribution in [-0.2, 0) is 27.1 Å². The van der Waals surface area contributed by atoms with Gasteiger partial charge in [-0.15, -0.1) is 0 Å². The number of methoxy groups -OCH3 is 2. The van der Waals surface area contributed by atoms with Crippen molar-refractivity contribution in [3.63, 3.8) is 0 Å². The van der Waals surface area contributed by atoms with E-state index in [-0.39, 0.29) is 18.5 Å². The third kappa shape index (κ3) is 10.1. The number of Topliss-reactive ketones (excluding diaryl/α,β-unsaturated/α-hetero) is 1. The molecule has 1 heterocycles. The van der Waals surface area contributed by atoms with Crippen LogP contribution in [0.1, 0.15) is 84.4 Å². The quantitative estimate of drug-likeness (QED) is 0.350. The van der Waals surface area contributed by atoms with Crippen molar-refractivity contribution in [1.82, 2.24) is 4.98 Å². The minimum absolute atomic E-state index is 0.0237. The van der Waals surface area contributed by atoms with Crippen molar-refractivity contribution in [2.75, 3.05) is 27.6 Å². The lowest BCUT2D eigenvalue weighted by Crippen LogP contribution is -2.49. The van der Waals surface area contributed by atoms with Crippen LogP contribution in [0.2, 0.25) is 0 Å². The number of nitrogens with zero attached hydrogens (tertiary/aromatic N) is 1. The summed E-state index contributed by atoms with van der Waals surface area (Å²) in [5.74, 6) is 2.29. The Balaban J connectivity index is 0.00000125. The molecule has 0 amide bonds. The molecule has 1 fully saturated rings. The standard InChI is InChI=1S/C24H39NO4.C3H8O/c1-17(2)12-18(3)24(19(4)26,29-16-27-5)14-22-13-21(23(28-6)15-25-22)9-7-8-20-10-11-20;1-2-3-4/h13,15,17-18,20H,7-12,14,16H2,1-6H3;4H,2-3H2,1H3. The number of rotatable bonds is 15. The second-order valence-corrected chi connectivity index (χ2v) is 9.75. The summed E-state index contributed by atoms with van der Waals surface area (Å²) in [6.45, 7) is 10.4. The van der Waals surface area contributed by atoms with Gasteiger partial charge in [0.25, 0.3) is 0 Å². The maximum absolute atomic E-state index is 12.8. The van der Waals surface area contributed by atoms with E-state index in [0.29, 0.717) is 18.9 Å². The summed E-state index contributed by atoms with van der Waals surface area (Å²) in [6, 6.07) is 2.10. The van der Waals surface area contributed by atoms with Gasteiger partial charge in [0, 0.05) is 25.8 Å². The van der Waals surface area contributed by atoms with E-state index in [4.69, 9.17) is 19.3 Å². The largest absolute Gasteiger partial charge is 0.495 e. The van der Waals surface area contributed by atoms with Gasteiger partial charge >= 0.3 is 0 Å². The highest BCUT2D eigenvalue weighted by molar-refractivity contribution is 5.85. The highest BCUT2D eigenvalue weighted by atomic mass is 16.7. The van der Waals surface area contributed by atoms with E-state index < -0.39 is 5.60 Å². The van der Waals surface area contributed by atoms with E-state index in [1.54, 1.807) is 27.3 Å². The highest BCUT2D eigenvalue weighted by Gasteiger charge is 2.43. The zero-order valence-electron chi connectivity index (χ0n) is 22.0. The first-order valence-corrected chi connectivity index (χ1v) is 12.5. The van der Waals surface area contributed by atoms with Crippen molar-refractivity contribution in [3.8, 4) is 5.75 Å². The first-order chi connectivity index (χ1) is 15.7. The van der Waals surface area contributed by atoms with Crippen LogP contribution in [0.5, 0.6) is 5.75 Å². The molecular formula is C27H47NO5. The fourth-order valence-electron chi connectivity index (χ4n) is 4.27. The second kappa shape index (κ2) is 15.4. The number of aliphatic hydroxyl groups excluding tert-OH is 1. The van der Waals surface area contributed by atoms with Crippen molar-refractivity contribution in [2.24, 2.45) is 17.8 Å². The van der Waals surface area contributed by atoms with Crippen LogP contribution in [0.4, 0.5) is 0 Å². The minimum atomic E-state index is -0.937. The molecule has 1 N–H and O–H groups in total. The number of ether oxygens (including phenoxy) is 3. The van der Waals surface area contributed by atoms with Gasteiger partial charge in [-0.1, -0.05) is 47.0 Å². The molecule has 2 rings (SSSR count). The van der Waals surface area contributed by atoms with Gasteiger partial charge in [0.05, 0.1) is 13.3 Å². The van der Waals surface area contributed by atoms with Gasteiger partial charge in [-0.2, -0.15) is 0 Å². The van der Waals surface area contributed by atoms with Gasteiger partial charge in [-0.05, 0) is 62.0 Å². The Labute approximate surface area is 201 Å². The molecule has 1 aromatic rings. The summed E-state index contributed by atoms with van der Waals surface area (Å²) < 4.78 is 16.8. The van der Waals surface area contributed by atoms with E-state index in [1.807, 2.05) is 6.92 Å². The van der Waals surface area contributed by atoms with E-state index in [1.165, 1.54) is 24.8 Å². The molecule has 1 aliphatic rings. The van der Waals surface area contributed by atoms with E-state index in [2.05, 4.69) is 31.8 Å². The fraction of sp³-hybridized carbons (Fsp3) is 0.778. The predicted molar refractivity (Wildman–Crippen MR) is 133 cm³/mol. The smallest absolute Gasteiger partial charge is 0.162 e. The number of carbonyl (C=O) groups is 1. The van der Waals surface area contributed by atoms with Crippen LogP contribution >= 0.6 is 0 Å². The Kier molecular flexibility index (Phi) is 13.8. The molecule has 0 bridgehead atoms. The lowest BCUT2D eigenvalue weighted by molar-refractivity contribution is -0.174. The van der Waals surface area contributed by atoms with Crippen LogP contribution in [0.3, 0.4) is 0 Å². The van der Waals surface area contributed by atoms with Gasteiger partial charge in [-0.25, -0.2) is 0 Å². The van der Waals surface area contributed by atoms with Crippen LogP contribution in [-0.4, -0.2) is 49.1 Å². The predicted octanol–water partition coefficient (Wildman–Crippen LogP) is 5.38. The van der Waals surface area contributed by atoms with Crippen molar-refractivity contribution in [1.29, 1.82) is 0 Å². The third-order valence-corrected chi connectivity index (χ3v) is 6.30. The molecule has 190 valence electrons. The fourth-order valence-corrected chi connectivity index (χ4v) is 4.27. The number of pyridine rings is 1. The van der Waals surface area contributed by atoms with Gasteiger partial charge in [-0.3, -0.25) is 9.78 Å². The van der Waals surface area contributed by atoms with Gasteiger partial charge in [0.2, 0.25) is 0 Å². The molecule has 1 aliphatic carbocycles. The number of aryl methyl sites for hydroxylation is 1. The molecular weight excluding hydrogens is 418 g/mol. The number of carbonyl (C=O) groups excluding carboxylic acids is 1. The third-order valence-electron chi connectivity index (χ3n) is 6.30. The first kappa shape index (κ1) is 29.5. The SMILES string of the molecule is CCCO.COCOC(Cc1cc(CCCC2CC2)c(OC)cn1)(C(C)=O)C(C)CC(C)C. The van der Waals surface area contributed by atoms with Crippen molar-refractivity contribution >= 4 is 5.78 Å². The number of aliphatic hydroxyl groups is 1. The summed E-state index contributed by atoms with van der Waals surface area (Å²) in [5, 5.41) is 7.88. The molecule has 1 saturated carbocycles. The molecule has 0 radical (unpaired) electrons. The Hall–Kier alpha value is -1.50. The minimum Gasteiger partial charge on any atom is -0.495 e. The lowest BCUT2D eigenvalue weighted by atomic mass is 9.77. The van der Waals surface area contributed by atoms with Crippen LogP contribution in [0, 0.1) is 17.8 Å². The normalized spacial score (nSPS) is 16.0. The summed E-state index contributed by atoms with van der Waals surface area (Å²) in [5.41, 5.74) is 1.10. The van der Waals surface area contributed by atoms with Crippen LogP contribution in [0.25, 0.3) is 0 Å². The Morgan fingerprint density at radius 3 is 2.42 bits per heavy atom. The first-order valence-electron chi connectivity index (χ1n) is 12.5. The lowest BCUT2D eigenvalue weighted by Gasteiger charge is -2.37. The number of hydrogen-bond donors (Lipinski definition) is 1. The number of ketones is 1. The highest BCUT2D eigenvalue weighted by Crippen LogP contribution is 2.35. The number of hydrogen-bond acceptors (Lipinski definition) is 6. The Morgan fingerprint density at radius 1 is 1.27 bits per heavy atom. The number of aromatic nitrogens is 1. The summed E-state index contributed by atoms with van der Waals surface area (Å²) in [7, 11) is 3.27. The second-order valence-electron chi connectivity index (χ2n) is 9.75. The monoisotopic (exact) mass is 465 g/mol. The Bertz CT molecular complexity index is 687. The van der Waals surface area contributed by atoms with Gasteiger partial charge in [0.15, 0.2) is 5.78 Å². The zero-order valence-corrected chi connectivity index (χ0v) is 22.0. The molecule has 6 nitrogen and oxygen atoms in total. The molecule has 2 atom stereocenters. The topological polar surface area (TPSA) is 77.9 Å². The molecule has 0 saturated heterocycles. The van der Waals surface area contributed by atoms with Crippen molar-refractivity contribution in [3.05, 3.63) is 23.5 Å².